The van der Waals surface area contributed by atoms with Gasteiger partial charge in [0.05, 0.1) is 11.8 Å². The van der Waals surface area contributed by atoms with Gasteiger partial charge in [0.15, 0.2) is 0 Å². The van der Waals surface area contributed by atoms with Crippen molar-refractivity contribution in [3.63, 3.8) is 0 Å². The van der Waals surface area contributed by atoms with E-state index in [0.717, 1.165) is 5.56 Å². The van der Waals surface area contributed by atoms with Crippen LogP contribution in [0, 0.1) is 0 Å². The maximum atomic E-state index is 12.6. The fourth-order valence-electron chi connectivity index (χ4n) is 3.01. The van der Waals surface area contributed by atoms with E-state index in [1.807, 2.05) is 25.1 Å². The second-order valence-corrected chi connectivity index (χ2v) is 6.15. The molecule has 0 unspecified atom stereocenters. The van der Waals surface area contributed by atoms with Crippen LogP contribution in [0.15, 0.2) is 30.5 Å². The van der Waals surface area contributed by atoms with Gasteiger partial charge in [-0.15, -0.1) is 5.10 Å². The molecule has 1 aromatic carbocycles. The van der Waals surface area contributed by atoms with Crippen LogP contribution in [0.5, 0.6) is 0 Å². The molecule has 1 N–H and O–H groups in total. The fraction of sp³-hybridized carbons (Fsp3) is 0.438. The first-order valence-corrected chi connectivity index (χ1v) is 8.08. The Morgan fingerprint density at radius 2 is 2.04 bits per heavy atom. The maximum Gasteiger partial charge on any atom is 0.273 e. The third-order valence-electron chi connectivity index (χ3n) is 4.39. The highest BCUT2D eigenvalue weighted by Crippen LogP contribution is 2.36. The second kappa shape index (κ2) is 6.29. The number of rotatable bonds is 3. The minimum absolute atomic E-state index is 0.0990. The molecule has 0 radical (unpaired) electrons. The first-order chi connectivity index (χ1) is 11.0. The van der Waals surface area contributed by atoms with Gasteiger partial charge in [-0.25, -0.2) is 4.68 Å². The largest absolute Gasteiger partial charge is 0.385 e. The van der Waals surface area contributed by atoms with Crippen LogP contribution < -0.4 is 0 Å². The Kier molecular flexibility index (Phi) is 4.37. The van der Waals surface area contributed by atoms with E-state index >= 15 is 0 Å². The third-order valence-corrected chi connectivity index (χ3v) is 4.72. The molecule has 1 saturated heterocycles. The number of carbonyl (C=O) groups excluding carboxylic acids is 1. The molecule has 6 nitrogen and oxygen atoms in total. The van der Waals surface area contributed by atoms with Crippen molar-refractivity contribution in [1.29, 1.82) is 0 Å². The summed E-state index contributed by atoms with van der Waals surface area (Å²) in [6, 6.07) is 7.32. The predicted molar refractivity (Wildman–Crippen MR) is 86.2 cm³/mol. The smallest absolute Gasteiger partial charge is 0.273 e. The number of benzene rings is 1. The van der Waals surface area contributed by atoms with Gasteiger partial charge in [-0.1, -0.05) is 35.0 Å². The molecular weight excluding hydrogens is 316 g/mol. The van der Waals surface area contributed by atoms with Crippen LogP contribution in [-0.2, 0) is 12.1 Å². The number of amides is 1. The molecule has 23 heavy (non-hydrogen) atoms. The number of hydrogen-bond donors (Lipinski definition) is 1. The summed E-state index contributed by atoms with van der Waals surface area (Å²) in [5.41, 5.74) is 0.225. The highest BCUT2D eigenvalue weighted by molar-refractivity contribution is 6.31. The number of piperidine rings is 1. The third kappa shape index (κ3) is 2.96. The summed E-state index contributed by atoms with van der Waals surface area (Å²) >= 11 is 6.21. The molecule has 7 heteroatoms. The molecule has 2 heterocycles. The number of halogens is 1. The standard InChI is InChI=1S/C16H19ClN4O2/c1-2-21-14(11-18-19-21)15(22)20-9-7-16(23,8-10-20)12-5-3-4-6-13(12)17/h3-6,11,23H,2,7-10H2,1H3. The normalized spacial score (nSPS) is 17.3. The first-order valence-electron chi connectivity index (χ1n) is 7.70. The Morgan fingerprint density at radius 1 is 1.35 bits per heavy atom. The molecule has 3 rings (SSSR count). The van der Waals surface area contributed by atoms with E-state index in [9.17, 15) is 9.90 Å². The van der Waals surface area contributed by atoms with Crippen LogP contribution >= 0.6 is 11.6 Å². The molecular formula is C16H19ClN4O2. The van der Waals surface area contributed by atoms with E-state index in [2.05, 4.69) is 10.3 Å². The average Bonchev–Trinajstić information content (AvgIpc) is 3.04. The lowest BCUT2D eigenvalue weighted by Gasteiger charge is -2.38. The number of hydrogen-bond acceptors (Lipinski definition) is 4. The highest BCUT2D eigenvalue weighted by atomic mass is 35.5. The lowest BCUT2D eigenvalue weighted by Crippen LogP contribution is -2.45. The number of carbonyl (C=O) groups is 1. The molecule has 2 aromatic rings. The first kappa shape index (κ1) is 16.0. The molecule has 1 aromatic heterocycles. The lowest BCUT2D eigenvalue weighted by molar-refractivity contribution is -0.0213. The van der Waals surface area contributed by atoms with Crippen molar-refractivity contribution in [2.75, 3.05) is 13.1 Å². The minimum Gasteiger partial charge on any atom is -0.385 e. The average molecular weight is 335 g/mol. The van der Waals surface area contributed by atoms with Crippen LogP contribution in [0.2, 0.25) is 5.02 Å². The Balaban J connectivity index is 1.73. The van der Waals surface area contributed by atoms with E-state index in [-0.39, 0.29) is 5.91 Å². The van der Waals surface area contributed by atoms with Crippen LogP contribution in [0.25, 0.3) is 0 Å². The summed E-state index contributed by atoms with van der Waals surface area (Å²) in [4.78, 5) is 14.3. The molecule has 1 amide bonds. The summed E-state index contributed by atoms with van der Waals surface area (Å²) in [7, 11) is 0. The summed E-state index contributed by atoms with van der Waals surface area (Å²) < 4.78 is 1.58. The monoisotopic (exact) mass is 334 g/mol. The summed E-state index contributed by atoms with van der Waals surface area (Å²) in [5, 5.41) is 19.1. The minimum atomic E-state index is -0.988. The van der Waals surface area contributed by atoms with Crippen LogP contribution in [-0.4, -0.2) is 44.0 Å². The Bertz CT molecular complexity index is 708. The quantitative estimate of drug-likeness (QED) is 0.932. The van der Waals surface area contributed by atoms with Crippen molar-refractivity contribution in [2.24, 2.45) is 0 Å². The van der Waals surface area contributed by atoms with E-state index in [0.29, 0.717) is 43.2 Å². The van der Waals surface area contributed by atoms with Crippen LogP contribution in [0.4, 0.5) is 0 Å². The number of nitrogens with zero attached hydrogens (tertiary/aromatic N) is 4. The van der Waals surface area contributed by atoms with E-state index in [4.69, 9.17) is 11.6 Å². The molecule has 1 fully saturated rings. The molecule has 0 aliphatic carbocycles. The number of aliphatic hydroxyl groups is 1. The van der Waals surface area contributed by atoms with Crippen molar-refractivity contribution in [2.45, 2.75) is 31.9 Å². The number of aryl methyl sites for hydroxylation is 1. The predicted octanol–water partition coefficient (Wildman–Crippen LogP) is 2.08. The Morgan fingerprint density at radius 3 is 2.70 bits per heavy atom. The fourth-order valence-corrected chi connectivity index (χ4v) is 3.32. The van der Waals surface area contributed by atoms with Crippen molar-refractivity contribution < 1.29 is 9.90 Å². The van der Waals surface area contributed by atoms with Crippen LogP contribution in [0.3, 0.4) is 0 Å². The Labute approximate surface area is 139 Å². The van der Waals surface area contributed by atoms with E-state index in [1.165, 1.54) is 6.20 Å². The molecule has 1 aliphatic heterocycles. The van der Waals surface area contributed by atoms with Gasteiger partial charge in [-0.2, -0.15) is 0 Å². The zero-order valence-corrected chi connectivity index (χ0v) is 13.7. The second-order valence-electron chi connectivity index (χ2n) is 5.74. The van der Waals surface area contributed by atoms with Gasteiger partial charge < -0.3 is 10.0 Å². The van der Waals surface area contributed by atoms with Crippen molar-refractivity contribution >= 4 is 17.5 Å². The van der Waals surface area contributed by atoms with Gasteiger partial charge in [-0.3, -0.25) is 4.79 Å². The number of aromatic nitrogens is 3. The van der Waals surface area contributed by atoms with Crippen molar-refractivity contribution in [3.8, 4) is 0 Å². The van der Waals surface area contributed by atoms with E-state index in [1.54, 1.807) is 15.6 Å². The van der Waals surface area contributed by atoms with Crippen LogP contribution in [0.1, 0.15) is 35.8 Å². The summed E-state index contributed by atoms with van der Waals surface area (Å²) in [6.45, 7) is 3.45. The van der Waals surface area contributed by atoms with Gasteiger partial charge in [0, 0.05) is 30.2 Å². The molecule has 122 valence electrons. The van der Waals surface area contributed by atoms with Crippen molar-refractivity contribution in [3.05, 3.63) is 46.7 Å². The van der Waals surface area contributed by atoms with E-state index < -0.39 is 5.60 Å². The zero-order valence-electron chi connectivity index (χ0n) is 12.9. The topological polar surface area (TPSA) is 71.2 Å². The molecule has 0 atom stereocenters. The summed E-state index contributed by atoms with van der Waals surface area (Å²) in [6.07, 6.45) is 2.40. The molecule has 0 saturated carbocycles. The van der Waals surface area contributed by atoms with Gasteiger partial charge in [-0.05, 0) is 25.8 Å². The molecule has 0 spiro atoms. The maximum absolute atomic E-state index is 12.6. The zero-order chi connectivity index (χ0) is 16.4. The number of likely N-dealkylation sites (tertiary alicyclic amines) is 1. The van der Waals surface area contributed by atoms with Crippen molar-refractivity contribution in [1.82, 2.24) is 19.9 Å². The van der Waals surface area contributed by atoms with Gasteiger partial charge in [0.1, 0.15) is 5.69 Å². The van der Waals surface area contributed by atoms with Gasteiger partial charge in [0.25, 0.3) is 5.91 Å². The SMILES string of the molecule is CCn1nncc1C(=O)N1CCC(O)(c2ccccc2Cl)CC1. The molecule has 0 bridgehead atoms. The Hall–Kier alpha value is -1.92. The van der Waals surface area contributed by atoms with Gasteiger partial charge in [0.2, 0.25) is 0 Å². The highest BCUT2D eigenvalue weighted by Gasteiger charge is 2.37. The van der Waals surface area contributed by atoms with Gasteiger partial charge >= 0.3 is 0 Å². The lowest BCUT2D eigenvalue weighted by atomic mass is 9.84. The molecule has 1 aliphatic rings. The summed E-state index contributed by atoms with van der Waals surface area (Å²) in [5.74, 6) is -0.0990.